The van der Waals surface area contributed by atoms with Crippen molar-refractivity contribution >= 4 is 31.5 Å². The van der Waals surface area contributed by atoms with Crippen LogP contribution >= 0.6 is 11.3 Å². The molecule has 2 aromatic heterocycles. The summed E-state index contributed by atoms with van der Waals surface area (Å²) in [7, 11) is 0. The molecule has 0 saturated heterocycles. The summed E-state index contributed by atoms with van der Waals surface area (Å²) in [6.07, 6.45) is 1.81. The maximum absolute atomic E-state index is 8.73. The van der Waals surface area contributed by atoms with Crippen molar-refractivity contribution in [2.45, 2.75) is 39.5 Å². The van der Waals surface area contributed by atoms with Crippen molar-refractivity contribution in [3.8, 4) is 22.4 Å². The highest BCUT2D eigenvalue weighted by Crippen LogP contribution is 2.46. The quantitative estimate of drug-likeness (QED) is 0.281. The van der Waals surface area contributed by atoms with E-state index in [0.29, 0.717) is 0 Å². The number of thiophene rings is 1. The average molecular weight is 424 g/mol. The molecule has 0 fully saturated rings. The molecule has 0 aliphatic heterocycles. The van der Waals surface area contributed by atoms with Crippen molar-refractivity contribution in [2.24, 2.45) is 0 Å². The molecular formula is C29H27NS. The molecule has 0 spiro atoms. The average Bonchev–Trinajstić information content (AvgIpc) is 3.17. The summed E-state index contributed by atoms with van der Waals surface area (Å²) in [5.74, 6) is -1.38. The second kappa shape index (κ2) is 7.94. The lowest BCUT2D eigenvalue weighted by atomic mass is 9.94. The Morgan fingerprint density at radius 1 is 0.774 bits per heavy atom. The molecule has 0 aliphatic rings. The first-order valence-corrected chi connectivity index (χ1v) is 11.5. The van der Waals surface area contributed by atoms with E-state index in [2.05, 4.69) is 54.6 Å². The van der Waals surface area contributed by atoms with Crippen LogP contribution < -0.4 is 0 Å². The van der Waals surface area contributed by atoms with Crippen molar-refractivity contribution in [3.63, 3.8) is 0 Å². The van der Waals surface area contributed by atoms with Gasteiger partial charge in [0.15, 0.2) is 0 Å². The molecule has 5 aromatic rings. The van der Waals surface area contributed by atoms with E-state index < -0.39 is 11.8 Å². The second-order valence-electron chi connectivity index (χ2n) is 8.44. The van der Waals surface area contributed by atoms with Crippen LogP contribution in [0.15, 0.2) is 79.0 Å². The fourth-order valence-electron chi connectivity index (χ4n) is 4.24. The summed E-state index contributed by atoms with van der Waals surface area (Å²) in [6.45, 7) is 7.71. The molecule has 0 unspecified atom stereocenters. The Labute approximate surface area is 191 Å². The van der Waals surface area contributed by atoms with Gasteiger partial charge >= 0.3 is 0 Å². The van der Waals surface area contributed by atoms with Crippen LogP contribution in [0, 0.1) is 0 Å². The first-order valence-electron chi connectivity index (χ1n) is 11.7. The zero-order valence-corrected chi connectivity index (χ0v) is 19.2. The lowest BCUT2D eigenvalue weighted by Crippen LogP contribution is -1.91. The monoisotopic (exact) mass is 423 g/mol. The van der Waals surface area contributed by atoms with Gasteiger partial charge in [0.05, 0.1) is 5.69 Å². The number of benzene rings is 3. The minimum Gasteiger partial charge on any atom is -0.256 e. The molecule has 154 valence electrons. The van der Waals surface area contributed by atoms with Gasteiger partial charge in [0, 0.05) is 34.7 Å². The molecule has 31 heavy (non-hydrogen) atoms. The molecule has 0 saturated carbocycles. The molecule has 0 atom stereocenters. The maximum atomic E-state index is 8.73. The fraction of sp³-hybridized carbons (Fsp3) is 0.207. The molecule has 2 heteroatoms. The van der Waals surface area contributed by atoms with Gasteiger partial charge in [0.25, 0.3) is 0 Å². The summed E-state index contributed by atoms with van der Waals surface area (Å²) >= 11 is 1.75. The Bertz CT molecular complexity index is 1470. The maximum Gasteiger partial charge on any atom is 0.0719 e. The van der Waals surface area contributed by atoms with E-state index in [1.807, 2.05) is 52.1 Å². The molecule has 0 N–H and O–H groups in total. The summed E-state index contributed by atoms with van der Waals surface area (Å²) in [4.78, 5) is 4.70. The van der Waals surface area contributed by atoms with Crippen molar-refractivity contribution in [3.05, 3.63) is 90.1 Å². The number of hydrogen-bond acceptors (Lipinski definition) is 2. The number of aromatic nitrogens is 1. The van der Waals surface area contributed by atoms with Gasteiger partial charge in [-0.1, -0.05) is 88.4 Å². The van der Waals surface area contributed by atoms with Crippen molar-refractivity contribution in [2.75, 3.05) is 0 Å². The van der Waals surface area contributed by atoms with E-state index >= 15 is 0 Å². The van der Waals surface area contributed by atoms with Gasteiger partial charge in [-0.05, 0) is 46.2 Å². The minimum atomic E-state index is -0.694. The highest BCUT2D eigenvalue weighted by molar-refractivity contribution is 7.26. The predicted molar refractivity (Wildman–Crippen MR) is 136 cm³/mol. The number of fused-ring (bicyclic) bond motifs is 3. The van der Waals surface area contributed by atoms with Gasteiger partial charge in [-0.15, -0.1) is 11.3 Å². The molecule has 3 aromatic carbocycles. The zero-order chi connectivity index (χ0) is 23.4. The van der Waals surface area contributed by atoms with Gasteiger partial charge in [-0.3, -0.25) is 4.98 Å². The third kappa shape index (κ3) is 3.45. The molecule has 0 radical (unpaired) electrons. The highest BCUT2D eigenvalue weighted by Gasteiger charge is 2.18. The first kappa shape index (κ1) is 17.7. The number of nitrogens with zero attached hydrogens (tertiary/aromatic N) is 1. The summed E-state index contributed by atoms with van der Waals surface area (Å²) in [5.41, 5.74) is 6.32. The van der Waals surface area contributed by atoms with Crippen molar-refractivity contribution < 1.29 is 2.74 Å². The second-order valence-corrected chi connectivity index (χ2v) is 9.47. The molecule has 0 bridgehead atoms. The smallest absolute Gasteiger partial charge is 0.0719 e. The molecule has 0 aliphatic carbocycles. The number of hydrogen-bond donors (Lipinski definition) is 0. The Hall–Kier alpha value is -2.97. The van der Waals surface area contributed by atoms with Gasteiger partial charge in [-0.2, -0.15) is 0 Å². The Morgan fingerprint density at radius 3 is 2.29 bits per heavy atom. The molecular weight excluding hydrogens is 394 g/mol. The summed E-state index contributed by atoms with van der Waals surface area (Å²) < 4.78 is 19.6. The van der Waals surface area contributed by atoms with Crippen LogP contribution in [0.3, 0.4) is 0 Å². The van der Waals surface area contributed by atoms with Crippen molar-refractivity contribution in [1.82, 2.24) is 4.98 Å². The van der Waals surface area contributed by atoms with Crippen molar-refractivity contribution in [1.29, 1.82) is 0 Å². The lowest BCUT2D eigenvalue weighted by molar-refractivity contribution is 0.864. The third-order valence-electron chi connectivity index (χ3n) is 5.88. The SMILES string of the molecule is [2H]C(C)(C)c1ccnc(-c2ccc(-c3ccccc3)c3c2sc2c(C([2H])(C)C)cccc23)c1. The number of pyridine rings is 1. The molecule has 1 nitrogen and oxygen atoms in total. The first-order chi connectivity index (χ1) is 15.6. The standard InChI is InChI=1S/C29H27NS/c1-18(2)21-15-16-30-26(17-21)24-14-13-23(20-9-6-5-7-10-20)27-25-12-8-11-22(19(3)4)28(25)31-29(24)27/h5-19H,1-4H3/i18D,19D. The summed E-state index contributed by atoms with van der Waals surface area (Å²) in [6, 6.07) is 25.1. The summed E-state index contributed by atoms with van der Waals surface area (Å²) in [5, 5.41) is 2.40. The van der Waals surface area contributed by atoms with Crippen LogP contribution in [0.5, 0.6) is 0 Å². The van der Waals surface area contributed by atoms with E-state index in [9.17, 15) is 0 Å². The van der Waals surface area contributed by atoms with Crippen LogP contribution in [0.25, 0.3) is 42.6 Å². The van der Waals surface area contributed by atoms with Crippen LogP contribution in [-0.2, 0) is 0 Å². The lowest BCUT2D eigenvalue weighted by Gasteiger charge is -2.11. The van der Waals surface area contributed by atoms with E-state index in [1.165, 1.54) is 26.6 Å². The van der Waals surface area contributed by atoms with E-state index in [-0.39, 0.29) is 0 Å². The van der Waals surface area contributed by atoms with Gasteiger partial charge in [0.2, 0.25) is 0 Å². The van der Waals surface area contributed by atoms with Gasteiger partial charge < -0.3 is 0 Å². The van der Waals surface area contributed by atoms with Crippen LogP contribution in [0.4, 0.5) is 0 Å². The molecule has 0 amide bonds. The third-order valence-corrected chi connectivity index (χ3v) is 7.16. The van der Waals surface area contributed by atoms with Crippen LogP contribution in [-0.4, -0.2) is 4.98 Å². The fourth-order valence-corrected chi connectivity index (χ4v) is 5.72. The normalized spacial score (nSPS) is 13.4. The predicted octanol–water partition coefficient (Wildman–Crippen LogP) is 9.03. The molecule has 2 heterocycles. The Balaban J connectivity index is 1.89. The Morgan fingerprint density at radius 2 is 1.55 bits per heavy atom. The van der Waals surface area contributed by atoms with Crippen LogP contribution in [0.2, 0.25) is 0 Å². The zero-order valence-electron chi connectivity index (χ0n) is 20.4. The van der Waals surface area contributed by atoms with Gasteiger partial charge in [0.1, 0.15) is 0 Å². The van der Waals surface area contributed by atoms with E-state index in [0.717, 1.165) is 27.1 Å². The highest BCUT2D eigenvalue weighted by atomic mass is 32.1. The Kier molecular flexibility index (Phi) is 4.53. The van der Waals surface area contributed by atoms with Crippen LogP contribution in [0.1, 0.15) is 53.4 Å². The van der Waals surface area contributed by atoms with E-state index in [4.69, 9.17) is 7.73 Å². The topological polar surface area (TPSA) is 12.9 Å². The van der Waals surface area contributed by atoms with E-state index in [1.54, 1.807) is 11.3 Å². The van der Waals surface area contributed by atoms with Gasteiger partial charge in [-0.25, -0.2) is 0 Å². The number of rotatable bonds is 4. The largest absolute Gasteiger partial charge is 0.256 e. The minimum absolute atomic E-state index is 0.691. The molecule has 5 rings (SSSR count).